The number of aliphatic hydroxyl groups is 1. The maximum atomic E-state index is 13.4. The maximum Gasteiger partial charge on any atom is 0.300 e. The summed E-state index contributed by atoms with van der Waals surface area (Å²) in [7, 11) is 0. The van der Waals surface area contributed by atoms with Crippen molar-refractivity contribution in [1.82, 2.24) is 4.98 Å². The number of aromatic nitrogens is 1. The molecule has 180 valence electrons. The van der Waals surface area contributed by atoms with Crippen LogP contribution in [0.4, 0.5) is 5.69 Å². The van der Waals surface area contributed by atoms with Gasteiger partial charge in [-0.05, 0) is 85.3 Å². The Kier molecular flexibility index (Phi) is 6.74. The second kappa shape index (κ2) is 9.74. The van der Waals surface area contributed by atoms with Gasteiger partial charge in [-0.3, -0.25) is 19.5 Å². The molecule has 6 nitrogen and oxygen atoms in total. The maximum absolute atomic E-state index is 13.4. The van der Waals surface area contributed by atoms with E-state index in [-0.39, 0.29) is 11.3 Å². The van der Waals surface area contributed by atoms with Gasteiger partial charge >= 0.3 is 0 Å². The van der Waals surface area contributed by atoms with E-state index in [1.807, 2.05) is 39.0 Å². The SMILES string of the molecule is Cc1cc(/C(O)=C2\C(=O)C(=O)N(c3cccc(C)c3C)C2c2ccncc2)ccc1OCC(C)C. The van der Waals surface area contributed by atoms with Gasteiger partial charge in [-0.15, -0.1) is 0 Å². The third-order valence-corrected chi connectivity index (χ3v) is 6.32. The van der Waals surface area contributed by atoms with E-state index >= 15 is 0 Å². The molecule has 2 heterocycles. The molecule has 1 saturated heterocycles. The molecular formula is C29H30N2O4. The summed E-state index contributed by atoms with van der Waals surface area (Å²) >= 11 is 0. The van der Waals surface area contributed by atoms with E-state index < -0.39 is 17.7 Å². The molecule has 0 spiro atoms. The van der Waals surface area contributed by atoms with Crippen LogP contribution in [0.2, 0.25) is 0 Å². The number of ketones is 1. The third-order valence-electron chi connectivity index (χ3n) is 6.32. The molecule has 1 aliphatic heterocycles. The predicted molar refractivity (Wildman–Crippen MR) is 136 cm³/mol. The van der Waals surface area contributed by atoms with E-state index in [9.17, 15) is 14.7 Å². The quantitative estimate of drug-likeness (QED) is 0.285. The molecule has 0 radical (unpaired) electrons. The highest BCUT2D eigenvalue weighted by Crippen LogP contribution is 2.43. The van der Waals surface area contributed by atoms with Crippen molar-refractivity contribution < 1.29 is 19.4 Å². The van der Waals surface area contributed by atoms with Crippen LogP contribution in [0, 0.1) is 26.7 Å². The van der Waals surface area contributed by atoms with E-state index in [1.54, 1.807) is 42.7 Å². The lowest BCUT2D eigenvalue weighted by Crippen LogP contribution is -2.30. The molecule has 1 amide bonds. The summed E-state index contributed by atoms with van der Waals surface area (Å²) in [4.78, 5) is 32.3. The topological polar surface area (TPSA) is 79.7 Å². The van der Waals surface area contributed by atoms with Crippen LogP contribution in [0.5, 0.6) is 5.75 Å². The Labute approximate surface area is 205 Å². The highest BCUT2D eigenvalue weighted by Gasteiger charge is 2.47. The number of amides is 1. The van der Waals surface area contributed by atoms with Gasteiger partial charge in [0, 0.05) is 23.6 Å². The molecule has 1 atom stereocenters. The predicted octanol–water partition coefficient (Wildman–Crippen LogP) is 5.67. The number of nitrogens with zero attached hydrogens (tertiary/aromatic N) is 2. The Morgan fingerprint density at radius 1 is 1.03 bits per heavy atom. The molecule has 1 N–H and O–H groups in total. The Hall–Kier alpha value is -3.93. The molecule has 0 bridgehead atoms. The fraction of sp³-hybridized carbons (Fsp3) is 0.276. The van der Waals surface area contributed by atoms with E-state index in [4.69, 9.17) is 4.74 Å². The second-order valence-electron chi connectivity index (χ2n) is 9.35. The lowest BCUT2D eigenvalue weighted by atomic mass is 9.95. The largest absolute Gasteiger partial charge is 0.507 e. The standard InChI is InChI=1S/C29H30N2O4/c1-17(2)16-35-24-10-9-22(15-19(24)4)27(32)25-26(21-11-13-30-14-12-21)31(29(34)28(25)33)23-8-6-7-18(3)20(23)5/h6-15,17,26,32H,16H2,1-5H3/b27-25+. The lowest BCUT2D eigenvalue weighted by Gasteiger charge is -2.27. The van der Waals surface area contributed by atoms with Gasteiger partial charge in [0.2, 0.25) is 0 Å². The third kappa shape index (κ3) is 4.56. The summed E-state index contributed by atoms with van der Waals surface area (Å²) in [6.07, 6.45) is 3.23. The minimum atomic E-state index is -0.782. The van der Waals surface area contributed by atoms with Crippen molar-refractivity contribution >= 4 is 23.1 Å². The number of hydrogen-bond acceptors (Lipinski definition) is 5. The summed E-state index contributed by atoms with van der Waals surface area (Å²) in [6, 6.07) is 13.7. The summed E-state index contributed by atoms with van der Waals surface area (Å²) in [5.41, 5.74) is 4.58. The first-order chi connectivity index (χ1) is 16.7. The van der Waals surface area contributed by atoms with Crippen LogP contribution >= 0.6 is 0 Å². The van der Waals surface area contributed by atoms with Crippen molar-refractivity contribution in [2.24, 2.45) is 5.92 Å². The number of benzene rings is 2. The normalized spacial score (nSPS) is 17.3. The van der Waals surface area contributed by atoms with Gasteiger partial charge in [-0.25, -0.2) is 0 Å². The Bertz CT molecular complexity index is 1310. The summed E-state index contributed by atoms with van der Waals surface area (Å²) in [5, 5.41) is 11.4. The first-order valence-corrected chi connectivity index (χ1v) is 11.7. The van der Waals surface area contributed by atoms with E-state index in [0.29, 0.717) is 29.3 Å². The van der Waals surface area contributed by atoms with Crippen molar-refractivity contribution in [3.05, 3.63) is 94.3 Å². The van der Waals surface area contributed by atoms with Gasteiger partial charge in [0.15, 0.2) is 0 Å². The number of carbonyl (C=O) groups is 2. The van der Waals surface area contributed by atoms with Crippen LogP contribution in [-0.2, 0) is 9.59 Å². The van der Waals surface area contributed by atoms with Crippen LogP contribution in [0.3, 0.4) is 0 Å². The van der Waals surface area contributed by atoms with Gasteiger partial charge in [0.25, 0.3) is 11.7 Å². The molecule has 4 rings (SSSR count). The Morgan fingerprint density at radius 2 is 1.74 bits per heavy atom. The van der Waals surface area contributed by atoms with Crippen LogP contribution < -0.4 is 9.64 Å². The number of aryl methyl sites for hydroxylation is 2. The highest BCUT2D eigenvalue weighted by molar-refractivity contribution is 6.51. The van der Waals surface area contributed by atoms with E-state index in [0.717, 1.165) is 22.4 Å². The average molecular weight is 471 g/mol. The van der Waals surface area contributed by atoms with Gasteiger partial charge < -0.3 is 9.84 Å². The minimum Gasteiger partial charge on any atom is -0.507 e. The van der Waals surface area contributed by atoms with Crippen LogP contribution in [0.15, 0.2) is 66.5 Å². The molecule has 1 aromatic heterocycles. The molecule has 1 unspecified atom stereocenters. The zero-order valence-corrected chi connectivity index (χ0v) is 20.7. The van der Waals surface area contributed by atoms with Crippen LogP contribution in [-0.4, -0.2) is 28.4 Å². The van der Waals surface area contributed by atoms with Crippen molar-refractivity contribution in [3.63, 3.8) is 0 Å². The number of anilines is 1. The van der Waals surface area contributed by atoms with Gasteiger partial charge in [-0.2, -0.15) is 0 Å². The van der Waals surface area contributed by atoms with Gasteiger partial charge in [0.1, 0.15) is 11.5 Å². The molecule has 2 aromatic carbocycles. The smallest absolute Gasteiger partial charge is 0.300 e. The number of hydrogen-bond donors (Lipinski definition) is 1. The van der Waals surface area contributed by atoms with E-state index in [2.05, 4.69) is 18.8 Å². The van der Waals surface area contributed by atoms with Crippen molar-refractivity contribution in [1.29, 1.82) is 0 Å². The number of Topliss-reactive ketones (excluding diaryl/α,β-unsaturated/α-hetero) is 1. The molecule has 3 aromatic rings. The van der Waals surface area contributed by atoms with Gasteiger partial charge in [-0.1, -0.05) is 26.0 Å². The first-order valence-electron chi connectivity index (χ1n) is 11.7. The zero-order valence-electron chi connectivity index (χ0n) is 20.7. The molecule has 0 aliphatic carbocycles. The molecule has 1 fully saturated rings. The number of carbonyl (C=O) groups excluding carboxylic acids is 2. The lowest BCUT2D eigenvalue weighted by molar-refractivity contribution is -0.132. The van der Waals surface area contributed by atoms with Crippen LogP contribution in [0.1, 0.15) is 47.7 Å². The highest BCUT2D eigenvalue weighted by atomic mass is 16.5. The fourth-order valence-electron chi connectivity index (χ4n) is 4.31. The summed E-state index contributed by atoms with van der Waals surface area (Å²) in [6.45, 7) is 10.5. The Balaban J connectivity index is 1.87. The zero-order chi connectivity index (χ0) is 25.3. The Morgan fingerprint density at radius 3 is 2.40 bits per heavy atom. The van der Waals surface area contributed by atoms with Crippen molar-refractivity contribution in [2.75, 3.05) is 11.5 Å². The average Bonchev–Trinajstić information content (AvgIpc) is 3.10. The number of rotatable bonds is 6. The summed E-state index contributed by atoms with van der Waals surface area (Å²) < 4.78 is 5.85. The second-order valence-corrected chi connectivity index (χ2v) is 9.35. The van der Waals surface area contributed by atoms with Crippen molar-refractivity contribution in [2.45, 2.75) is 40.7 Å². The number of ether oxygens (including phenoxy) is 1. The minimum absolute atomic E-state index is 0.0531. The van der Waals surface area contributed by atoms with Crippen LogP contribution in [0.25, 0.3) is 5.76 Å². The molecule has 0 saturated carbocycles. The molecule has 35 heavy (non-hydrogen) atoms. The fourth-order valence-corrected chi connectivity index (χ4v) is 4.31. The monoisotopic (exact) mass is 470 g/mol. The van der Waals surface area contributed by atoms with Crippen molar-refractivity contribution in [3.8, 4) is 5.75 Å². The number of aliphatic hydroxyl groups excluding tert-OH is 1. The first kappa shape index (κ1) is 24.2. The molecule has 1 aliphatic rings. The summed E-state index contributed by atoms with van der Waals surface area (Å²) in [5.74, 6) is -0.504. The molecular weight excluding hydrogens is 440 g/mol. The van der Waals surface area contributed by atoms with E-state index in [1.165, 1.54) is 4.90 Å². The number of pyridine rings is 1. The van der Waals surface area contributed by atoms with Gasteiger partial charge in [0.05, 0.1) is 18.2 Å². The molecule has 6 heteroatoms.